The van der Waals surface area contributed by atoms with Gasteiger partial charge < -0.3 is 15.0 Å². The highest BCUT2D eigenvalue weighted by molar-refractivity contribution is 9.10. The van der Waals surface area contributed by atoms with Gasteiger partial charge in [0.2, 0.25) is 11.8 Å². The maximum atomic E-state index is 12.8. The first-order valence-electron chi connectivity index (χ1n) is 9.04. The predicted molar refractivity (Wildman–Crippen MR) is 114 cm³/mol. The van der Waals surface area contributed by atoms with Crippen LogP contribution in [0.15, 0.2) is 53.0 Å². The van der Waals surface area contributed by atoms with E-state index in [4.69, 9.17) is 16.3 Å². The zero-order valence-corrected chi connectivity index (χ0v) is 18.3. The van der Waals surface area contributed by atoms with Gasteiger partial charge in [0.25, 0.3) is 0 Å². The second kappa shape index (κ2) is 11.1. The van der Waals surface area contributed by atoms with E-state index in [1.165, 1.54) is 0 Å². The molecule has 0 bridgehead atoms. The number of nitrogens with zero attached hydrogens (tertiary/aromatic N) is 1. The van der Waals surface area contributed by atoms with Crippen molar-refractivity contribution >= 4 is 39.3 Å². The average Bonchev–Trinajstić information content (AvgIpc) is 2.69. The molecule has 0 fully saturated rings. The van der Waals surface area contributed by atoms with Crippen molar-refractivity contribution in [3.05, 3.63) is 63.6 Å². The van der Waals surface area contributed by atoms with Crippen LogP contribution < -0.4 is 10.1 Å². The molecule has 0 aliphatic heterocycles. The SMILES string of the molecule is CNC(=O)[C@@H](C)N(Cc1cccc(Br)c1)C(=O)CCCOc1ccc(Cl)cc1. The van der Waals surface area contributed by atoms with E-state index in [1.807, 2.05) is 24.3 Å². The van der Waals surface area contributed by atoms with Crippen LogP contribution in [0.25, 0.3) is 0 Å². The van der Waals surface area contributed by atoms with Crippen LogP contribution in [0, 0.1) is 0 Å². The topological polar surface area (TPSA) is 58.6 Å². The van der Waals surface area contributed by atoms with Gasteiger partial charge in [-0.05, 0) is 55.3 Å². The lowest BCUT2D eigenvalue weighted by Crippen LogP contribution is -2.46. The maximum absolute atomic E-state index is 12.8. The van der Waals surface area contributed by atoms with Gasteiger partial charge in [-0.2, -0.15) is 0 Å². The normalized spacial score (nSPS) is 11.6. The molecule has 0 saturated carbocycles. The van der Waals surface area contributed by atoms with Gasteiger partial charge in [-0.25, -0.2) is 0 Å². The Hall–Kier alpha value is -2.05. The number of hydrogen-bond acceptors (Lipinski definition) is 3. The van der Waals surface area contributed by atoms with Gasteiger partial charge in [-0.3, -0.25) is 9.59 Å². The minimum atomic E-state index is -0.561. The number of likely N-dealkylation sites (N-methyl/N-ethyl adjacent to an activating group) is 1. The highest BCUT2D eigenvalue weighted by Crippen LogP contribution is 2.18. The van der Waals surface area contributed by atoms with Gasteiger partial charge in [0.15, 0.2) is 0 Å². The maximum Gasteiger partial charge on any atom is 0.242 e. The Morgan fingerprint density at radius 3 is 2.57 bits per heavy atom. The van der Waals surface area contributed by atoms with E-state index in [-0.39, 0.29) is 11.8 Å². The molecule has 0 unspecified atom stereocenters. The number of carbonyl (C=O) groups excluding carboxylic acids is 2. The molecule has 2 rings (SSSR count). The van der Waals surface area contributed by atoms with E-state index in [9.17, 15) is 9.59 Å². The Morgan fingerprint density at radius 1 is 1.21 bits per heavy atom. The molecular weight excluding hydrogens is 444 g/mol. The van der Waals surface area contributed by atoms with Crippen LogP contribution >= 0.6 is 27.5 Å². The van der Waals surface area contributed by atoms with Crippen LogP contribution in [-0.2, 0) is 16.1 Å². The molecule has 0 radical (unpaired) electrons. The van der Waals surface area contributed by atoms with Gasteiger partial charge in [0.05, 0.1) is 6.61 Å². The van der Waals surface area contributed by atoms with Crippen LogP contribution in [0.3, 0.4) is 0 Å². The van der Waals surface area contributed by atoms with E-state index in [2.05, 4.69) is 21.2 Å². The van der Waals surface area contributed by atoms with Crippen LogP contribution in [0.2, 0.25) is 5.02 Å². The Labute approximate surface area is 179 Å². The highest BCUT2D eigenvalue weighted by Gasteiger charge is 2.25. The first-order valence-corrected chi connectivity index (χ1v) is 10.2. The summed E-state index contributed by atoms with van der Waals surface area (Å²) >= 11 is 9.29. The van der Waals surface area contributed by atoms with E-state index in [0.717, 1.165) is 10.0 Å². The van der Waals surface area contributed by atoms with Crippen LogP contribution in [0.4, 0.5) is 0 Å². The molecule has 5 nitrogen and oxygen atoms in total. The Bertz CT molecular complexity index is 798. The number of ether oxygens (including phenoxy) is 1. The average molecular weight is 468 g/mol. The number of carbonyl (C=O) groups is 2. The minimum Gasteiger partial charge on any atom is -0.494 e. The summed E-state index contributed by atoms with van der Waals surface area (Å²) < 4.78 is 6.57. The third-order valence-corrected chi connectivity index (χ3v) is 5.02. The number of nitrogens with one attached hydrogen (secondary N) is 1. The number of benzene rings is 2. The van der Waals surface area contributed by atoms with Gasteiger partial charge in [0, 0.05) is 29.5 Å². The second-order valence-electron chi connectivity index (χ2n) is 6.35. The fraction of sp³-hybridized carbons (Fsp3) is 0.333. The quantitative estimate of drug-likeness (QED) is 0.555. The molecule has 1 atom stereocenters. The van der Waals surface area contributed by atoms with E-state index < -0.39 is 6.04 Å². The lowest BCUT2D eigenvalue weighted by atomic mass is 10.1. The number of amides is 2. The van der Waals surface area contributed by atoms with Gasteiger partial charge >= 0.3 is 0 Å². The molecule has 28 heavy (non-hydrogen) atoms. The molecule has 0 saturated heterocycles. The first-order chi connectivity index (χ1) is 13.4. The third-order valence-electron chi connectivity index (χ3n) is 4.27. The minimum absolute atomic E-state index is 0.0872. The van der Waals surface area contributed by atoms with Crippen LogP contribution in [-0.4, -0.2) is 36.4 Å². The van der Waals surface area contributed by atoms with Gasteiger partial charge in [-0.15, -0.1) is 0 Å². The summed E-state index contributed by atoms with van der Waals surface area (Å²) in [7, 11) is 1.57. The molecule has 0 aliphatic carbocycles. The summed E-state index contributed by atoms with van der Waals surface area (Å²) in [6.07, 6.45) is 0.847. The fourth-order valence-corrected chi connectivity index (χ4v) is 3.28. The van der Waals surface area contributed by atoms with E-state index in [0.29, 0.717) is 36.8 Å². The summed E-state index contributed by atoms with van der Waals surface area (Å²) in [5.74, 6) is 0.429. The molecule has 150 valence electrons. The Kier molecular flexibility index (Phi) is 8.80. The van der Waals surface area contributed by atoms with E-state index in [1.54, 1.807) is 43.1 Å². The smallest absolute Gasteiger partial charge is 0.242 e. The molecule has 2 aromatic carbocycles. The standard InChI is InChI=1S/C21H24BrClN2O3/c1-15(21(27)24-2)25(14-16-5-3-6-17(22)13-16)20(26)7-4-12-28-19-10-8-18(23)9-11-19/h3,5-6,8-11,13,15H,4,7,12,14H2,1-2H3,(H,24,27)/t15-/m1/s1. The molecule has 2 amide bonds. The molecule has 0 aromatic heterocycles. The van der Waals surface area contributed by atoms with Gasteiger partial charge in [-0.1, -0.05) is 39.7 Å². The van der Waals surface area contributed by atoms with Crippen molar-refractivity contribution in [2.45, 2.75) is 32.4 Å². The first kappa shape index (κ1) is 22.2. The highest BCUT2D eigenvalue weighted by atomic mass is 79.9. The molecule has 0 spiro atoms. The third kappa shape index (κ3) is 6.84. The summed E-state index contributed by atoms with van der Waals surface area (Å²) in [5.41, 5.74) is 0.955. The van der Waals surface area contributed by atoms with Crippen LogP contribution in [0.1, 0.15) is 25.3 Å². The van der Waals surface area contributed by atoms with Crippen LogP contribution in [0.5, 0.6) is 5.75 Å². The fourth-order valence-electron chi connectivity index (χ4n) is 2.71. The van der Waals surface area contributed by atoms with Crippen molar-refractivity contribution in [1.82, 2.24) is 10.2 Å². The number of halogens is 2. The predicted octanol–water partition coefficient (Wildman–Crippen LogP) is 4.42. The Morgan fingerprint density at radius 2 is 1.93 bits per heavy atom. The Balaban J connectivity index is 1.95. The van der Waals surface area contributed by atoms with Gasteiger partial charge in [0.1, 0.15) is 11.8 Å². The largest absolute Gasteiger partial charge is 0.494 e. The summed E-state index contributed by atoms with van der Waals surface area (Å²) in [4.78, 5) is 26.5. The zero-order chi connectivity index (χ0) is 20.5. The van der Waals surface area contributed by atoms with Crippen molar-refractivity contribution in [2.24, 2.45) is 0 Å². The van der Waals surface area contributed by atoms with Crippen molar-refractivity contribution in [3.63, 3.8) is 0 Å². The lowest BCUT2D eigenvalue weighted by molar-refractivity contribution is -0.140. The summed E-state index contributed by atoms with van der Waals surface area (Å²) in [5, 5.41) is 3.26. The monoisotopic (exact) mass is 466 g/mol. The number of hydrogen-bond donors (Lipinski definition) is 1. The van der Waals surface area contributed by atoms with Crippen molar-refractivity contribution < 1.29 is 14.3 Å². The summed E-state index contributed by atoms with van der Waals surface area (Å²) in [6.45, 7) is 2.51. The van der Waals surface area contributed by atoms with E-state index >= 15 is 0 Å². The molecular formula is C21H24BrClN2O3. The van der Waals surface area contributed by atoms with Crippen molar-refractivity contribution in [2.75, 3.05) is 13.7 Å². The molecule has 2 aromatic rings. The molecule has 0 aliphatic rings. The number of rotatable bonds is 9. The second-order valence-corrected chi connectivity index (χ2v) is 7.70. The van der Waals surface area contributed by atoms with Crippen molar-refractivity contribution in [3.8, 4) is 5.75 Å². The summed E-state index contributed by atoms with van der Waals surface area (Å²) in [6, 6.07) is 14.2. The van der Waals surface area contributed by atoms with Crippen molar-refractivity contribution in [1.29, 1.82) is 0 Å². The molecule has 7 heteroatoms. The molecule has 0 heterocycles. The molecule has 1 N–H and O–H groups in total. The zero-order valence-electron chi connectivity index (χ0n) is 16.0. The lowest BCUT2D eigenvalue weighted by Gasteiger charge is -2.28.